The van der Waals surface area contributed by atoms with Crippen molar-refractivity contribution < 1.29 is 9.53 Å². The molecule has 0 amide bonds. The second-order valence-electron chi connectivity index (χ2n) is 5.58. The van der Waals surface area contributed by atoms with Crippen molar-refractivity contribution in [3.8, 4) is 5.88 Å². The molecule has 0 fully saturated rings. The zero-order chi connectivity index (χ0) is 19.8. The summed E-state index contributed by atoms with van der Waals surface area (Å²) in [6.45, 7) is 4.03. The third-order valence-corrected chi connectivity index (χ3v) is 4.05. The molecule has 0 aliphatic carbocycles. The van der Waals surface area contributed by atoms with Crippen LogP contribution in [0.1, 0.15) is 18.2 Å². The number of hydrogen-bond donors (Lipinski definition) is 0. The first kappa shape index (κ1) is 21.2. The standard InChI is InChI=1S/C10H11N3.C8H6Cl3NO2/c1-9-7-13(12-11-9)8-10-5-3-2-4-6-10;1-4(13)3-14-8-6(10)2-5(9)7(11)12-8/h2-7H,8H2,1H3;2H,3H2,1H3. The van der Waals surface area contributed by atoms with Crippen LogP contribution in [0.15, 0.2) is 42.6 Å². The highest BCUT2D eigenvalue weighted by Gasteiger charge is 2.09. The summed E-state index contributed by atoms with van der Waals surface area (Å²) in [6.07, 6.45) is 1.94. The molecular weight excluding hydrogens is 411 g/mol. The first-order valence-corrected chi connectivity index (χ1v) is 9.03. The van der Waals surface area contributed by atoms with Crippen molar-refractivity contribution in [2.75, 3.05) is 6.61 Å². The summed E-state index contributed by atoms with van der Waals surface area (Å²) in [7, 11) is 0. The molecule has 0 aliphatic heterocycles. The van der Waals surface area contributed by atoms with Gasteiger partial charge >= 0.3 is 0 Å². The first-order chi connectivity index (χ1) is 12.8. The molecule has 2 aromatic heterocycles. The lowest BCUT2D eigenvalue weighted by Crippen LogP contribution is -2.08. The molecule has 0 unspecified atom stereocenters. The molecule has 1 aromatic carbocycles. The van der Waals surface area contributed by atoms with Gasteiger partial charge < -0.3 is 4.74 Å². The van der Waals surface area contributed by atoms with Crippen molar-refractivity contribution in [3.63, 3.8) is 0 Å². The average molecular weight is 428 g/mol. The molecule has 6 nitrogen and oxygen atoms in total. The third-order valence-electron chi connectivity index (χ3n) is 3.11. The van der Waals surface area contributed by atoms with E-state index in [9.17, 15) is 4.79 Å². The Kier molecular flexibility index (Phi) is 8.03. The van der Waals surface area contributed by atoms with Crippen LogP contribution in [-0.2, 0) is 11.3 Å². The molecule has 142 valence electrons. The topological polar surface area (TPSA) is 69.9 Å². The van der Waals surface area contributed by atoms with E-state index in [-0.39, 0.29) is 33.5 Å². The largest absolute Gasteiger partial charge is 0.469 e. The van der Waals surface area contributed by atoms with E-state index < -0.39 is 0 Å². The van der Waals surface area contributed by atoms with Gasteiger partial charge in [-0.15, -0.1) is 5.10 Å². The minimum atomic E-state index is -0.131. The normalized spacial score (nSPS) is 10.1. The van der Waals surface area contributed by atoms with Crippen LogP contribution in [0.3, 0.4) is 0 Å². The molecule has 0 radical (unpaired) electrons. The van der Waals surface area contributed by atoms with Gasteiger partial charge in [0.15, 0.2) is 10.9 Å². The molecule has 0 spiro atoms. The second kappa shape index (κ2) is 10.3. The van der Waals surface area contributed by atoms with Gasteiger partial charge in [0.2, 0.25) is 5.88 Å². The zero-order valence-corrected chi connectivity index (χ0v) is 17.0. The van der Waals surface area contributed by atoms with E-state index >= 15 is 0 Å². The van der Waals surface area contributed by atoms with E-state index in [1.807, 2.05) is 36.0 Å². The van der Waals surface area contributed by atoms with Gasteiger partial charge in [-0.25, -0.2) is 4.68 Å². The summed E-state index contributed by atoms with van der Waals surface area (Å²) in [5, 5.41) is 8.46. The van der Waals surface area contributed by atoms with Crippen LogP contribution < -0.4 is 4.74 Å². The number of aryl methyl sites for hydroxylation is 1. The highest BCUT2D eigenvalue weighted by molar-refractivity contribution is 6.42. The number of carbonyl (C=O) groups is 1. The maximum Gasteiger partial charge on any atom is 0.234 e. The monoisotopic (exact) mass is 426 g/mol. The molecule has 0 aliphatic rings. The van der Waals surface area contributed by atoms with Crippen LogP contribution in [0.5, 0.6) is 5.88 Å². The van der Waals surface area contributed by atoms with Crippen molar-refractivity contribution in [3.05, 3.63) is 69.1 Å². The minimum Gasteiger partial charge on any atom is -0.469 e. The molecule has 0 N–H and O–H groups in total. The van der Waals surface area contributed by atoms with Crippen molar-refractivity contribution in [2.24, 2.45) is 0 Å². The molecule has 0 bridgehead atoms. The van der Waals surface area contributed by atoms with Crippen molar-refractivity contribution in [2.45, 2.75) is 20.4 Å². The summed E-state index contributed by atoms with van der Waals surface area (Å²) >= 11 is 17.0. The van der Waals surface area contributed by atoms with Crippen LogP contribution in [0.2, 0.25) is 15.2 Å². The van der Waals surface area contributed by atoms with Gasteiger partial charge in [-0.05, 0) is 25.5 Å². The Hall–Kier alpha value is -2.15. The van der Waals surface area contributed by atoms with Crippen molar-refractivity contribution >= 4 is 40.6 Å². The Balaban J connectivity index is 0.000000194. The molecule has 3 rings (SSSR count). The number of benzene rings is 1. The maximum atomic E-state index is 10.6. The van der Waals surface area contributed by atoms with E-state index in [0.29, 0.717) is 0 Å². The lowest BCUT2D eigenvalue weighted by Gasteiger charge is -2.05. The van der Waals surface area contributed by atoms with Crippen LogP contribution >= 0.6 is 34.8 Å². The van der Waals surface area contributed by atoms with Gasteiger partial charge in [0.05, 0.1) is 17.3 Å². The molecule has 2 heterocycles. The number of Topliss-reactive ketones (excluding diaryl/α,β-unsaturated/α-hetero) is 1. The third kappa shape index (κ3) is 7.17. The highest BCUT2D eigenvalue weighted by atomic mass is 35.5. The molecule has 0 saturated heterocycles. The van der Waals surface area contributed by atoms with E-state index in [4.69, 9.17) is 39.5 Å². The van der Waals surface area contributed by atoms with Gasteiger partial charge in [-0.1, -0.05) is 70.3 Å². The maximum absolute atomic E-state index is 10.6. The number of aromatic nitrogens is 4. The average Bonchev–Trinajstić information content (AvgIpc) is 3.03. The van der Waals surface area contributed by atoms with E-state index in [2.05, 4.69) is 27.4 Å². The fourth-order valence-corrected chi connectivity index (χ4v) is 2.49. The predicted molar refractivity (Wildman–Crippen MR) is 106 cm³/mol. The number of hydrogen-bond acceptors (Lipinski definition) is 5. The minimum absolute atomic E-state index is 0.0922. The van der Waals surface area contributed by atoms with E-state index in [1.165, 1.54) is 18.6 Å². The van der Waals surface area contributed by atoms with Gasteiger partial charge in [-0.3, -0.25) is 4.79 Å². The van der Waals surface area contributed by atoms with Gasteiger partial charge in [-0.2, -0.15) is 4.98 Å². The van der Waals surface area contributed by atoms with Crippen LogP contribution in [0.25, 0.3) is 0 Å². The predicted octanol–water partition coefficient (Wildman–Crippen LogP) is 4.64. The molecule has 27 heavy (non-hydrogen) atoms. The Bertz CT molecular complexity index is 901. The molecule has 3 aromatic rings. The van der Waals surface area contributed by atoms with E-state index in [0.717, 1.165) is 12.2 Å². The first-order valence-electron chi connectivity index (χ1n) is 7.89. The summed E-state index contributed by atoms with van der Waals surface area (Å²) in [4.78, 5) is 14.4. The number of rotatable bonds is 5. The quantitative estimate of drug-likeness (QED) is 0.555. The lowest BCUT2D eigenvalue weighted by atomic mass is 10.2. The molecular formula is C18H17Cl3N4O2. The summed E-state index contributed by atoms with van der Waals surface area (Å²) < 4.78 is 6.84. The fraction of sp³-hybridized carbons (Fsp3) is 0.222. The van der Waals surface area contributed by atoms with E-state index in [1.54, 1.807) is 0 Å². The van der Waals surface area contributed by atoms with Gasteiger partial charge in [0, 0.05) is 6.20 Å². The summed E-state index contributed by atoms with van der Waals surface area (Å²) in [5.41, 5.74) is 2.20. The Morgan fingerprint density at radius 3 is 2.44 bits per heavy atom. The number of halogens is 3. The van der Waals surface area contributed by atoms with Crippen molar-refractivity contribution in [1.29, 1.82) is 0 Å². The molecule has 9 heteroatoms. The molecule has 0 saturated carbocycles. The second-order valence-corrected chi connectivity index (χ2v) is 6.75. The summed E-state index contributed by atoms with van der Waals surface area (Å²) in [6, 6.07) is 11.6. The number of carbonyl (C=O) groups excluding carboxylic acids is 1. The molecule has 0 atom stereocenters. The highest BCUT2D eigenvalue weighted by Crippen LogP contribution is 2.30. The number of ether oxygens (including phenoxy) is 1. The Labute approximate surface area is 172 Å². The lowest BCUT2D eigenvalue weighted by molar-refractivity contribution is -0.119. The Morgan fingerprint density at radius 2 is 1.85 bits per heavy atom. The van der Waals surface area contributed by atoms with Gasteiger partial charge in [0.25, 0.3) is 0 Å². The van der Waals surface area contributed by atoms with Gasteiger partial charge in [0.1, 0.15) is 11.6 Å². The zero-order valence-electron chi connectivity index (χ0n) is 14.7. The van der Waals surface area contributed by atoms with Crippen LogP contribution in [-0.4, -0.2) is 32.4 Å². The van der Waals surface area contributed by atoms with Crippen LogP contribution in [0.4, 0.5) is 0 Å². The number of pyridine rings is 1. The smallest absolute Gasteiger partial charge is 0.234 e. The SMILES string of the molecule is CC(=O)COc1nc(Cl)c(Cl)cc1Cl.Cc1cn(Cc2ccccc2)nn1. The number of nitrogens with zero attached hydrogens (tertiary/aromatic N) is 4. The Morgan fingerprint density at radius 1 is 1.15 bits per heavy atom. The fourth-order valence-electron chi connectivity index (χ4n) is 1.94. The summed E-state index contributed by atoms with van der Waals surface area (Å²) in [5.74, 6) is -0.0230. The van der Waals surface area contributed by atoms with Crippen LogP contribution in [0, 0.1) is 6.92 Å². The number of ketones is 1. The van der Waals surface area contributed by atoms with Crippen molar-refractivity contribution in [1.82, 2.24) is 20.0 Å².